The van der Waals surface area contributed by atoms with E-state index in [1.54, 1.807) is 11.1 Å². The monoisotopic (exact) mass is 126 g/mol. The summed E-state index contributed by atoms with van der Waals surface area (Å²) in [6.45, 7) is 5.59. The van der Waals surface area contributed by atoms with Gasteiger partial charge in [0.05, 0.1) is 6.54 Å². The minimum absolute atomic E-state index is 0.108. The fourth-order valence-corrected chi connectivity index (χ4v) is 0.814. The molecule has 1 N–H and O–H groups in total. The Bertz CT molecular complexity index is 133. The van der Waals surface area contributed by atoms with E-state index < -0.39 is 0 Å². The third kappa shape index (κ3) is 1.29. The highest BCUT2D eigenvalue weighted by Gasteiger charge is 2.13. The van der Waals surface area contributed by atoms with E-state index in [0.717, 1.165) is 13.1 Å². The highest BCUT2D eigenvalue weighted by atomic mass is 16.2. The van der Waals surface area contributed by atoms with Crippen molar-refractivity contribution in [3.63, 3.8) is 0 Å². The van der Waals surface area contributed by atoms with Gasteiger partial charge < -0.3 is 10.2 Å². The summed E-state index contributed by atoms with van der Waals surface area (Å²) in [6.07, 6.45) is 1.57. The summed E-state index contributed by atoms with van der Waals surface area (Å²) in [6, 6.07) is 0. The predicted octanol–water partition coefficient (Wildman–Crippen LogP) is -0.438. The summed E-state index contributed by atoms with van der Waals surface area (Å²) in [5, 5.41) is 2.96. The topological polar surface area (TPSA) is 32.3 Å². The van der Waals surface area contributed by atoms with Crippen molar-refractivity contribution in [3.8, 4) is 0 Å². The molecule has 0 saturated carbocycles. The average molecular weight is 126 g/mol. The van der Waals surface area contributed by atoms with E-state index in [0.29, 0.717) is 6.54 Å². The van der Waals surface area contributed by atoms with Gasteiger partial charge in [0.2, 0.25) is 5.91 Å². The van der Waals surface area contributed by atoms with Crippen LogP contribution < -0.4 is 5.32 Å². The largest absolute Gasteiger partial charge is 0.317 e. The number of rotatable bonds is 1. The van der Waals surface area contributed by atoms with Crippen LogP contribution in [0, 0.1) is 0 Å². The van der Waals surface area contributed by atoms with Crippen LogP contribution in [-0.4, -0.2) is 30.4 Å². The van der Waals surface area contributed by atoms with Crippen molar-refractivity contribution in [2.75, 3.05) is 19.6 Å². The smallest absolute Gasteiger partial charge is 0.240 e. The van der Waals surface area contributed by atoms with Crippen LogP contribution in [0.4, 0.5) is 0 Å². The average Bonchev–Trinajstić information content (AvgIpc) is 1.89. The van der Waals surface area contributed by atoms with Crippen LogP contribution in [0.25, 0.3) is 0 Å². The van der Waals surface area contributed by atoms with E-state index in [9.17, 15) is 4.79 Å². The lowest BCUT2D eigenvalue weighted by Gasteiger charge is -2.22. The first kappa shape index (κ1) is 6.29. The Balaban J connectivity index is 2.48. The van der Waals surface area contributed by atoms with Crippen LogP contribution >= 0.6 is 0 Å². The van der Waals surface area contributed by atoms with Crippen molar-refractivity contribution in [1.82, 2.24) is 10.2 Å². The van der Waals surface area contributed by atoms with Crippen molar-refractivity contribution in [3.05, 3.63) is 12.8 Å². The first-order valence-corrected chi connectivity index (χ1v) is 2.97. The molecular formula is C6H10N2O. The van der Waals surface area contributed by atoms with Crippen LogP contribution in [0.3, 0.4) is 0 Å². The molecule has 3 nitrogen and oxygen atoms in total. The minimum atomic E-state index is 0.108. The first-order valence-electron chi connectivity index (χ1n) is 2.97. The van der Waals surface area contributed by atoms with Gasteiger partial charge in [-0.1, -0.05) is 6.58 Å². The van der Waals surface area contributed by atoms with Gasteiger partial charge in [0.25, 0.3) is 0 Å². The van der Waals surface area contributed by atoms with Gasteiger partial charge >= 0.3 is 0 Å². The second-order valence-electron chi connectivity index (χ2n) is 1.95. The molecule has 1 heterocycles. The normalized spacial score (nSPS) is 20.0. The Labute approximate surface area is 54.3 Å². The molecule has 3 heteroatoms. The molecule has 0 bridgehead atoms. The maximum absolute atomic E-state index is 10.8. The lowest BCUT2D eigenvalue weighted by molar-refractivity contribution is -0.129. The molecule has 1 amide bonds. The van der Waals surface area contributed by atoms with Crippen molar-refractivity contribution < 1.29 is 4.79 Å². The number of amides is 1. The molecule has 50 valence electrons. The zero-order chi connectivity index (χ0) is 6.69. The highest BCUT2D eigenvalue weighted by molar-refractivity contribution is 5.79. The molecular weight excluding hydrogens is 116 g/mol. The van der Waals surface area contributed by atoms with Gasteiger partial charge in [-0.2, -0.15) is 0 Å². The molecule has 0 aromatic rings. The number of carbonyl (C=O) groups is 1. The molecule has 1 saturated heterocycles. The molecule has 1 fully saturated rings. The molecule has 0 spiro atoms. The Hall–Kier alpha value is -0.830. The maximum atomic E-state index is 10.8. The standard InChI is InChI=1S/C6H10N2O/c1-2-8-4-3-7-5-6(8)9/h2,7H,1,3-5H2. The Morgan fingerprint density at radius 2 is 2.56 bits per heavy atom. The number of piperazine rings is 1. The molecule has 0 unspecified atom stereocenters. The van der Waals surface area contributed by atoms with Gasteiger partial charge in [0, 0.05) is 13.1 Å². The zero-order valence-electron chi connectivity index (χ0n) is 5.26. The Kier molecular flexibility index (Phi) is 1.85. The van der Waals surface area contributed by atoms with Gasteiger partial charge in [-0.25, -0.2) is 0 Å². The van der Waals surface area contributed by atoms with Crippen LogP contribution in [0.2, 0.25) is 0 Å². The molecule has 0 aromatic heterocycles. The molecule has 0 aromatic carbocycles. The Morgan fingerprint density at radius 3 is 3.00 bits per heavy atom. The predicted molar refractivity (Wildman–Crippen MR) is 34.8 cm³/mol. The fraction of sp³-hybridized carbons (Fsp3) is 0.500. The fourth-order valence-electron chi connectivity index (χ4n) is 0.814. The molecule has 0 atom stereocenters. The second kappa shape index (κ2) is 2.64. The third-order valence-corrected chi connectivity index (χ3v) is 1.35. The lowest BCUT2D eigenvalue weighted by Crippen LogP contribution is -2.45. The van der Waals surface area contributed by atoms with Crippen LogP contribution in [0.15, 0.2) is 12.8 Å². The maximum Gasteiger partial charge on any atom is 0.240 e. The van der Waals surface area contributed by atoms with Gasteiger partial charge in [-0.05, 0) is 6.20 Å². The number of nitrogens with zero attached hydrogens (tertiary/aromatic N) is 1. The Morgan fingerprint density at radius 1 is 1.78 bits per heavy atom. The summed E-state index contributed by atoms with van der Waals surface area (Å²) in [4.78, 5) is 12.4. The van der Waals surface area contributed by atoms with Crippen molar-refractivity contribution in [1.29, 1.82) is 0 Å². The summed E-state index contributed by atoms with van der Waals surface area (Å²) < 4.78 is 0. The van der Waals surface area contributed by atoms with Crippen LogP contribution in [-0.2, 0) is 4.79 Å². The van der Waals surface area contributed by atoms with E-state index in [1.165, 1.54) is 0 Å². The summed E-state index contributed by atoms with van der Waals surface area (Å²) in [7, 11) is 0. The van der Waals surface area contributed by atoms with Crippen molar-refractivity contribution in [2.24, 2.45) is 0 Å². The molecule has 0 aliphatic carbocycles. The molecule has 9 heavy (non-hydrogen) atoms. The first-order chi connectivity index (χ1) is 4.34. The molecule has 1 aliphatic rings. The van der Waals surface area contributed by atoms with E-state index in [2.05, 4.69) is 11.9 Å². The van der Waals surface area contributed by atoms with Gasteiger partial charge in [0.15, 0.2) is 0 Å². The van der Waals surface area contributed by atoms with Crippen molar-refractivity contribution >= 4 is 5.91 Å². The molecule has 0 radical (unpaired) electrons. The minimum Gasteiger partial charge on any atom is -0.317 e. The third-order valence-electron chi connectivity index (χ3n) is 1.35. The number of nitrogens with one attached hydrogen (secondary N) is 1. The number of hydrogen-bond acceptors (Lipinski definition) is 2. The summed E-state index contributed by atoms with van der Waals surface area (Å²) in [5.74, 6) is 0.108. The highest BCUT2D eigenvalue weighted by Crippen LogP contribution is 1.92. The van der Waals surface area contributed by atoms with Gasteiger partial charge in [-0.15, -0.1) is 0 Å². The number of hydrogen-bond donors (Lipinski definition) is 1. The van der Waals surface area contributed by atoms with Crippen molar-refractivity contribution in [2.45, 2.75) is 0 Å². The van der Waals surface area contributed by atoms with E-state index >= 15 is 0 Å². The zero-order valence-corrected chi connectivity index (χ0v) is 5.26. The quantitative estimate of drug-likeness (QED) is 0.516. The molecule has 1 aliphatic heterocycles. The summed E-state index contributed by atoms with van der Waals surface area (Å²) >= 11 is 0. The van der Waals surface area contributed by atoms with E-state index in [4.69, 9.17) is 0 Å². The number of carbonyl (C=O) groups excluding carboxylic acids is 1. The van der Waals surface area contributed by atoms with Crippen LogP contribution in [0.1, 0.15) is 0 Å². The van der Waals surface area contributed by atoms with Gasteiger partial charge in [0.1, 0.15) is 0 Å². The lowest BCUT2D eigenvalue weighted by atomic mass is 10.4. The second-order valence-corrected chi connectivity index (χ2v) is 1.95. The van der Waals surface area contributed by atoms with Crippen LogP contribution in [0.5, 0.6) is 0 Å². The molecule has 1 rings (SSSR count). The van der Waals surface area contributed by atoms with Gasteiger partial charge in [-0.3, -0.25) is 4.79 Å². The van der Waals surface area contributed by atoms with E-state index in [1.807, 2.05) is 0 Å². The summed E-state index contributed by atoms with van der Waals surface area (Å²) in [5.41, 5.74) is 0. The SMILES string of the molecule is C=CN1CCNCC1=O. The van der Waals surface area contributed by atoms with E-state index in [-0.39, 0.29) is 5.91 Å².